The molecule has 0 spiro atoms. The second kappa shape index (κ2) is 6.01. The van der Waals surface area contributed by atoms with Crippen molar-refractivity contribution >= 4 is 5.91 Å². The Labute approximate surface area is 128 Å². The quantitative estimate of drug-likeness (QED) is 0.908. The average Bonchev–Trinajstić information content (AvgIpc) is 2.45. The summed E-state index contributed by atoms with van der Waals surface area (Å²) in [5, 5.41) is 2.80. The average molecular weight is 301 g/mol. The summed E-state index contributed by atoms with van der Waals surface area (Å²) in [7, 11) is 1.56. The van der Waals surface area contributed by atoms with Crippen LogP contribution in [0.4, 0.5) is 0 Å². The van der Waals surface area contributed by atoms with Crippen molar-refractivity contribution in [3.05, 3.63) is 46.5 Å². The van der Waals surface area contributed by atoms with Gasteiger partial charge in [-0.2, -0.15) is 4.98 Å². The molecule has 0 unspecified atom stereocenters. The highest BCUT2D eigenvalue weighted by molar-refractivity contribution is 5.93. The van der Waals surface area contributed by atoms with Crippen LogP contribution in [0.2, 0.25) is 0 Å². The number of H-pyrrole nitrogens is 1. The standard InChI is InChI=1S/C16H19N3O3/c1-16(2,3)19-14(20)13-9-12(17-15(21)18-13)10-6-5-7-11(8-10)22-4/h5-9H,1-4H3,(H,19,20)(H,17,18,21). The number of aromatic amines is 1. The van der Waals surface area contributed by atoms with Gasteiger partial charge in [-0.05, 0) is 39.0 Å². The zero-order chi connectivity index (χ0) is 16.3. The van der Waals surface area contributed by atoms with Gasteiger partial charge >= 0.3 is 5.69 Å². The molecule has 0 aliphatic heterocycles. The molecule has 2 rings (SSSR count). The lowest BCUT2D eigenvalue weighted by atomic mass is 10.1. The number of nitrogens with one attached hydrogen (secondary N) is 2. The lowest BCUT2D eigenvalue weighted by Gasteiger charge is -2.20. The normalized spacial score (nSPS) is 11.1. The minimum absolute atomic E-state index is 0.174. The molecule has 1 heterocycles. The van der Waals surface area contributed by atoms with Crippen LogP contribution in [0.1, 0.15) is 31.3 Å². The van der Waals surface area contributed by atoms with E-state index in [0.29, 0.717) is 17.0 Å². The van der Waals surface area contributed by atoms with Crippen LogP contribution < -0.4 is 15.7 Å². The maximum Gasteiger partial charge on any atom is 0.346 e. The van der Waals surface area contributed by atoms with E-state index in [1.54, 1.807) is 37.4 Å². The fourth-order valence-electron chi connectivity index (χ4n) is 1.92. The summed E-state index contributed by atoms with van der Waals surface area (Å²) in [5.41, 5.74) is 0.331. The van der Waals surface area contributed by atoms with Crippen LogP contribution in [0.3, 0.4) is 0 Å². The molecule has 6 heteroatoms. The molecule has 0 atom stereocenters. The van der Waals surface area contributed by atoms with Gasteiger partial charge in [0.15, 0.2) is 0 Å². The predicted molar refractivity (Wildman–Crippen MR) is 84.1 cm³/mol. The van der Waals surface area contributed by atoms with Crippen LogP contribution in [0.15, 0.2) is 35.1 Å². The zero-order valence-electron chi connectivity index (χ0n) is 13.1. The first-order chi connectivity index (χ1) is 10.3. The molecule has 0 saturated carbocycles. The molecule has 2 N–H and O–H groups in total. The molecule has 6 nitrogen and oxygen atoms in total. The van der Waals surface area contributed by atoms with Crippen LogP contribution in [-0.4, -0.2) is 28.5 Å². The van der Waals surface area contributed by atoms with Crippen LogP contribution in [0.25, 0.3) is 11.3 Å². The van der Waals surface area contributed by atoms with Gasteiger partial charge in [0.25, 0.3) is 5.91 Å². The molecular formula is C16H19N3O3. The van der Waals surface area contributed by atoms with Crippen LogP contribution in [-0.2, 0) is 0 Å². The van der Waals surface area contributed by atoms with Gasteiger partial charge in [-0.1, -0.05) is 12.1 Å². The van der Waals surface area contributed by atoms with Gasteiger partial charge in [-0.3, -0.25) is 4.79 Å². The Kier molecular flexibility index (Phi) is 4.30. The maximum absolute atomic E-state index is 12.2. The number of ether oxygens (including phenoxy) is 1. The summed E-state index contributed by atoms with van der Waals surface area (Å²) >= 11 is 0. The van der Waals surface area contributed by atoms with Crippen molar-refractivity contribution in [2.75, 3.05) is 7.11 Å². The Morgan fingerprint density at radius 3 is 2.64 bits per heavy atom. The van der Waals surface area contributed by atoms with Crippen molar-refractivity contribution in [3.8, 4) is 17.0 Å². The molecule has 0 fully saturated rings. The summed E-state index contributed by atoms with van der Waals surface area (Å²) in [4.78, 5) is 30.3. The summed E-state index contributed by atoms with van der Waals surface area (Å²) in [5.74, 6) is 0.302. The third-order valence-corrected chi connectivity index (χ3v) is 2.84. The molecule has 1 amide bonds. The zero-order valence-corrected chi connectivity index (χ0v) is 13.1. The van der Waals surface area contributed by atoms with Gasteiger partial charge in [-0.25, -0.2) is 4.79 Å². The highest BCUT2D eigenvalue weighted by Crippen LogP contribution is 2.21. The number of nitrogens with zero attached hydrogens (tertiary/aromatic N) is 1. The van der Waals surface area contributed by atoms with E-state index in [4.69, 9.17) is 4.74 Å². The highest BCUT2D eigenvalue weighted by Gasteiger charge is 2.17. The Bertz CT molecular complexity index is 745. The maximum atomic E-state index is 12.2. The van der Waals surface area contributed by atoms with Crippen molar-refractivity contribution in [1.29, 1.82) is 0 Å². The summed E-state index contributed by atoms with van der Waals surface area (Å²) in [6, 6.07) is 8.70. The van der Waals surface area contributed by atoms with E-state index in [2.05, 4.69) is 15.3 Å². The van der Waals surface area contributed by atoms with E-state index < -0.39 is 11.2 Å². The van der Waals surface area contributed by atoms with Gasteiger partial charge in [0.05, 0.1) is 12.8 Å². The number of hydrogen-bond donors (Lipinski definition) is 2. The first-order valence-electron chi connectivity index (χ1n) is 6.87. The smallest absolute Gasteiger partial charge is 0.346 e. The third kappa shape index (κ3) is 3.94. The second-order valence-corrected chi connectivity index (χ2v) is 5.92. The van der Waals surface area contributed by atoms with Gasteiger partial charge in [0, 0.05) is 11.1 Å². The number of methoxy groups -OCH3 is 1. The molecule has 0 radical (unpaired) electrons. The Hall–Kier alpha value is -2.63. The second-order valence-electron chi connectivity index (χ2n) is 5.92. The number of amides is 1. The molecule has 116 valence electrons. The van der Waals surface area contributed by atoms with Crippen molar-refractivity contribution in [3.63, 3.8) is 0 Å². The number of aromatic nitrogens is 2. The Balaban J connectivity index is 2.42. The molecule has 1 aromatic carbocycles. The molecular weight excluding hydrogens is 282 g/mol. The number of hydrogen-bond acceptors (Lipinski definition) is 4. The van der Waals surface area contributed by atoms with E-state index in [0.717, 1.165) is 0 Å². The van der Waals surface area contributed by atoms with E-state index >= 15 is 0 Å². The summed E-state index contributed by atoms with van der Waals surface area (Å²) in [6.07, 6.45) is 0. The minimum atomic E-state index is -0.570. The molecule has 0 bridgehead atoms. The number of carbonyl (C=O) groups is 1. The molecule has 22 heavy (non-hydrogen) atoms. The first kappa shape index (κ1) is 15.8. The lowest BCUT2D eigenvalue weighted by Crippen LogP contribution is -2.41. The van der Waals surface area contributed by atoms with E-state index in [9.17, 15) is 9.59 Å². The van der Waals surface area contributed by atoms with E-state index in [1.807, 2.05) is 20.8 Å². The molecule has 1 aromatic heterocycles. The predicted octanol–water partition coefficient (Wildman–Crippen LogP) is 1.97. The third-order valence-electron chi connectivity index (χ3n) is 2.84. The van der Waals surface area contributed by atoms with Crippen molar-refractivity contribution in [2.45, 2.75) is 26.3 Å². The van der Waals surface area contributed by atoms with Gasteiger partial charge < -0.3 is 15.0 Å². The molecule has 0 aliphatic rings. The topological polar surface area (TPSA) is 84.1 Å². The minimum Gasteiger partial charge on any atom is -0.497 e. The van der Waals surface area contributed by atoms with Gasteiger partial charge in [-0.15, -0.1) is 0 Å². The number of rotatable bonds is 3. The Morgan fingerprint density at radius 2 is 2.00 bits per heavy atom. The lowest BCUT2D eigenvalue weighted by molar-refractivity contribution is 0.0914. The number of carbonyl (C=O) groups excluding carboxylic acids is 1. The van der Waals surface area contributed by atoms with E-state index in [1.165, 1.54) is 0 Å². The SMILES string of the molecule is COc1cccc(-c2cc(C(=O)NC(C)(C)C)[nH]c(=O)n2)c1. The van der Waals surface area contributed by atoms with Crippen LogP contribution >= 0.6 is 0 Å². The largest absolute Gasteiger partial charge is 0.497 e. The molecule has 0 aliphatic carbocycles. The summed E-state index contributed by atoms with van der Waals surface area (Å²) < 4.78 is 5.16. The molecule has 2 aromatic rings. The highest BCUT2D eigenvalue weighted by atomic mass is 16.5. The van der Waals surface area contributed by atoms with Crippen LogP contribution in [0.5, 0.6) is 5.75 Å². The van der Waals surface area contributed by atoms with Gasteiger partial charge in [0.1, 0.15) is 11.4 Å². The number of benzene rings is 1. The summed E-state index contributed by atoms with van der Waals surface area (Å²) in [6.45, 7) is 5.60. The van der Waals surface area contributed by atoms with Crippen molar-refractivity contribution < 1.29 is 9.53 Å². The fraction of sp³-hybridized carbons (Fsp3) is 0.312. The van der Waals surface area contributed by atoms with Crippen molar-refractivity contribution in [1.82, 2.24) is 15.3 Å². The monoisotopic (exact) mass is 301 g/mol. The van der Waals surface area contributed by atoms with Crippen LogP contribution in [0, 0.1) is 0 Å². The fourth-order valence-corrected chi connectivity index (χ4v) is 1.92. The van der Waals surface area contributed by atoms with Gasteiger partial charge in [0.2, 0.25) is 0 Å². The first-order valence-corrected chi connectivity index (χ1v) is 6.87. The Morgan fingerprint density at radius 1 is 1.27 bits per heavy atom. The van der Waals surface area contributed by atoms with E-state index in [-0.39, 0.29) is 11.6 Å². The molecule has 0 saturated heterocycles. The van der Waals surface area contributed by atoms with Crippen molar-refractivity contribution in [2.24, 2.45) is 0 Å².